The Balaban J connectivity index is 1.60. The highest BCUT2D eigenvalue weighted by Crippen LogP contribution is 2.24. The molecule has 0 atom stereocenters. The molecule has 0 aliphatic heterocycles. The zero-order valence-electron chi connectivity index (χ0n) is 16.2. The topological polar surface area (TPSA) is 38.3 Å². The molecule has 0 radical (unpaired) electrons. The summed E-state index contributed by atoms with van der Waals surface area (Å²) < 4.78 is 5.69. The van der Waals surface area contributed by atoms with Crippen LogP contribution in [0.5, 0.6) is 5.75 Å². The minimum absolute atomic E-state index is 0.0498. The standard InChI is InChI=1S/C22H29NO2S/c1-17-5-7-18(8-6-17)15-26-16-21(24)23-13-14-25-20-11-9-19(10-12-20)22(2,3)4/h5-12H,13-16H2,1-4H3,(H,23,24). The Morgan fingerprint density at radius 3 is 2.31 bits per heavy atom. The van der Waals surface area contributed by atoms with Crippen molar-refractivity contribution in [3.8, 4) is 5.75 Å². The normalized spacial score (nSPS) is 11.2. The lowest BCUT2D eigenvalue weighted by Gasteiger charge is -2.19. The summed E-state index contributed by atoms with van der Waals surface area (Å²) in [6, 6.07) is 16.6. The maximum atomic E-state index is 11.9. The molecule has 1 amide bonds. The Bertz CT molecular complexity index is 688. The first-order valence-corrected chi connectivity index (χ1v) is 10.1. The van der Waals surface area contributed by atoms with Gasteiger partial charge in [0.2, 0.25) is 5.91 Å². The molecule has 0 aliphatic carbocycles. The summed E-state index contributed by atoms with van der Waals surface area (Å²) in [5, 5.41) is 2.90. The van der Waals surface area contributed by atoms with Gasteiger partial charge < -0.3 is 10.1 Å². The Hall–Kier alpha value is -1.94. The summed E-state index contributed by atoms with van der Waals surface area (Å²) in [4.78, 5) is 11.9. The number of carbonyl (C=O) groups excluding carboxylic acids is 1. The molecule has 0 unspecified atom stereocenters. The van der Waals surface area contributed by atoms with Crippen LogP contribution in [0.1, 0.15) is 37.5 Å². The van der Waals surface area contributed by atoms with Gasteiger partial charge in [0.15, 0.2) is 0 Å². The third-order valence-electron chi connectivity index (χ3n) is 4.04. The summed E-state index contributed by atoms with van der Waals surface area (Å²) >= 11 is 1.63. The molecule has 0 aliphatic rings. The smallest absolute Gasteiger partial charge is 0.230 e. The monoisotopic (exact) mass is 371 g/mol. The number of hydrogen-bond acceptors (Lipinski definition) is 3. The van der Waals surface area contributed by atoms with E-state index < -0.39 is 0 Å². The summed E-state index contributed by atoms with van der Waals surface area (Å²) in [5.41, 5.74) is 3.92. The fourth-order valence-electron chi connectivity index (χ4n) is 2.41. The van der Waals surface area contributed by atoms with Crippen LogP contribution in [0.4, 0.5) is 0 Å². The quantitative estimate of drug-likeness (QED) is 0.682. The Morgan fingerprint density at radius 1 is 1.04 bits per heavy atom. The second-order valence-electron chi connectivity index (χ2n) is 7.45. The second kappa shape index (κ2) is 9.67. The van der Waals surface area contributed by atoms with Crippen LogP contribution >= 0.6 is 11.8 Å². The van der Waals surface area contributed by atoms with E-state index in [1.54, 1.807) is 11.8 Å². The van der Waals surface area contributed by atoms with E-state index in [1.165, 1.54) is 16.7 Å². The van der Waals surface area contributed by atoms with E-state index >= 15 is 0 Å². The average molecular weight is 372 g/mol. The first kappa shape index (κ1) is 20.4. The van der Waals surface area contributed by atoms with E-state index in [-0.39, 0.29) is 11.3 Å². The number of amides is 1. The molecule has 0 heterocycles. The molecular formula is C22H29NO2S. The highest BCUT2D eigenvalue weighted by molar-refractivity contribution is 7.99. The molecule has 4 heteroatoms. The van der Waals surface area contributed by atoms with Crippen LogP contribution in [0.2, 0.25) is 0 Å². The lowest BCUT2D eigenvalue weighted by atomic mass is 9.87. The number of nitrogens with one attached hydrogen (secondary N) is 1. The van der Waals surface area contributed by atoms with E-state index in [0.717, 1.165) is 11.5 Å². The number of thioether (sulfide) groups is 1. The van der Waals surface area contributed by atoms with Gasteiger partial charge in [0.1, 0.15) is 12.4 Å². The number of rotatable bonds is 8. The number of carbonyl (C=O) groups is 1. The molecule has 2 rings (SSSR count). The number of ether oxygens (including phenoxy) is 1. The summed E-state index contributed by atoms with van der Waals surface area (Å²) in [7, 11) is 0. The van der Waals surface area contributed by atoms with Crippen LogP contribution in [0.25, 0.3) is 0 Å². The van der Waals surface area contributed by atoms with Crippen molar-refractivity contribution >= 4 is 17.7 Å². The van der Waals surface area contributed by atoms with E-state index in [1.807, 2.05) is 12.1 Å². The molecule has 0 aromatic heterocycles. The van der Waals surface area contributed by atoms with E-state index in [9.17, 15) is 4.79 Å². The molecule has 0 saturated carbocycles. The number of aryl methyl sites for hydroxylation is 1. The minimum Gasteiger partial charge on any atom is -0.492 e. The van der Waals surface area contributed by atoms with Crippen LogP contribution < -0.4 is 10.1 Å². The molecule has 0 bridgehead atoms. The molecule has 140 valence electrons. The third-order valence-corrected chi connectivity index (χ3v) is 5.04. The van der Waals surface area contributed by atoms with Gasteiger partial charge in [0.25, 0.3) is 0 Å². The fraction of sp³-hybridized carbons (Fsp3) is 0.409. The molecule has 3 nitrogen and oxygen atoms in total. The first-order chi connectivity index (χ1) is 12.3. The zero-order chi connectivity index (χ0) is 19.0. The van der Waals surface area contributed by atoms with Crippen molar-refractivity contribution in [3.05, 3.63) is 65.2 Å². The van der Waals surface area contributed by atoms with Gasteiger partial charge in [-0.15, -0.1) is 11.8 Å². The zero-order valence-corrected chi connectivity index (χ0v) is 17.0. The molecule has 26 heavy (non-hydrogen) atoms. The van der Waals surface area contributed by atoms with Crippen LogP contribution in [-0.4, -0.2) is 24.8 Å². The van der Waals surface area contributed by atoms with Crippen molar-refractivity contribution in [1.29, 1.82) is 0 Å². The van der Waals surface area contributed by atoms with Crippen LogP contribution in [0.3, 0.4) is 0 Å². The van der Waals surface area contributed by atoms with Gasteiger partial charge in [-0.2, -0.15) is 0 Å². The average Bonchev–Trinajstić information content (AvgIpc) is 2.60. The van der Waals surface area contributed by atoms with Crippen molar-refractivity contribution in [3.63, 3.8) is 0 Å². The van der Waals surface area contributed by atoms with Crippen molar-refractivity contribution in [2.75, 3.05) is 18.9 Å². The van der Waals surface area contributed by atoms with Gasteiger partial charge in [0, 0.05) is 5.75 Å². The van der Waals surface area contributed by atoms with Crippen LogP contribution in [0.15, 0.2) is 48.5 Å². The van der Waals surface area contributed by atoms with Crippen molar-refractivity contribution in [1.82, 2.24) is 5.32 Å². The fourth-order valence-corrected chi connectivity index (χ4v) is 3.23. The van der Waals surface area contributed by atoms with Gasteiger partial charge in [-0.25, -0.2) is 0 Å². The predicted octanol–water partition coefficient (Wildman–Crippen LogP) is 4.72. The van der Waals surface area contributed by atoms with Gasteiger partial charge in [-0.1, -0.05) is 62.7 Å². The van der Waals surface area contributed by atoms with E-state index in [4.69, 9.17) is 4.74 Å². The van der Waals surface area contributed by atoms with Crippen molar-refractivity contribution in [2.24, 2.45) is 0 Å². The van der Waals surface area contributed by atoms with Gasteiger partial charge in [-0.05, 0) is 35.6 Å². The first-order valence-electron chi connectivity index (χ1n) is 8.98. The number of benzene rings is 2. The molecule has 1 N–H and O–H groups in total. The summed E-state index contributed by atoms with van der Waals surface area (Å²) in [6.07, 6.45) is 0. The van der Waals surface area contributed by atoms with Crippen molar-refractivity contribution in [2.45, 2.75) is 38.9 Å². The lowest BCUT2D eigenvalue weighted by Crippen LogP contribution is -2.29. The van der Waals surface area contributed by atoms with Crippen LogP contribution in [0, 0.1) is 6.92 Å². The molecule has 0 spiro atoms. The lowest BCUT2D eigenvalue weighted by molar-refractivity contribution is -0.118. The van der Waals surface area contributed by atoms with E-state index in [0.29, 0.717) is 18.9 Å². The van der Waals surface area contributed by atoms with Crippen LogP contribution in [-0.2, 0) is 16.0 Å². The maximum absolute atomic E-state index is 11.9. The Morgan fingerprint density at radius 2 is 1.69 bits per heavy atom. The maximum Gasteiger partial charge on any atom is 0.230 e. The summed E-state index contributed by atoms with van der Waals surface area (Å²) in [5.74, 6) is 2.20. The Labute approximate surface area is 161 Å². The minimum atomic E-state index is 0.0498. The molecular weight excluding hydrogens is 342 g/mol. The van der Waals surface area contributed by atoms with Gasteiger partial charge in [-0.3, -0.25) is 4.79 Å². The highest BCUT2D eigenvalue weighted by Gasteiger charge is 2.12. The molecule has 2 aromatic rings. The summed E-state index contributed by atoms with van der Waals surface area (Å²) in [6.45, 7) is 9.64. The second-order valence-corrected chi connectivity index (χ2v) is 8.44. The molecule has 0 saturated heterocycles. The third kappa shape index (κ3) is 7.12. The van der Waals surface area contributed by atoms with Gasteiger partial charge in [0.05, 0.1) is 12.3 Å². The van der Waals surface area contributed by atoms with Gasteiger partial charge >= 0.3 is 0 Å². The molecule has 2 aromatic carbocycles. The highest BCUT2D eigenvalue weighted by atomic mass is 32.2. The number of hydrogen-bond donors (Lipinski definition) is 1. The van der Waals surface area contributed by atoms with E-state index in [2.05, 4.69) is 69.4 Å². The SMILES string of the molecule is Cc1ccc(CSCC(=O)NCCOc2ccc(C(C)(C)C)cc2)cc1. The Kier molecular flexibility index (Phi) is 7.58. The predicted molar refractivity (Wildman–Crippen MR) is 111 cm³/mol. The van der Waals surface area contributed by atoms with Crippen molar-refractivity contribution < 1.29 is 9.53 Å². The molecule has 0 fully saturated rings. The largest absolute Gasteiger partial charge is 0.492 e.